The molecule has 3 fully saturated rings. The minimum atomic E-state index is -3.96. The maximum atomic E-state index is 13.7. The Kier molecular flexibility index (Phi) is 10.9. The van der Waals surface area contributed by atoms with E-state index in [2.05, 4.69) is 50.6 Å². The number of amides is 1. The number of halogens is 1. The number of rotatable bonds is 4. The van der Waals surface area contributed by atoms with Crippen LogP contribution in [0.5, 0.6) is 5.75 Å². The fraction of sp³-hybridized carbons (Fsp3) is 0.643. The van der Waals surface area contributed by atoms with Crippen LogP contribution in [0.3, 0.4) is 0 Å². The SMILES string of the molecule is CCO[C@]1(CN2CCN3CCOC[C@@H]3C2)/C=C\C[C@H](C)[C@@H](C)S(=O)(=O)NC(=O)c2ccc3c(c2)N(C[C@@H]2CC[C@H]21)C[C@@]1(CCCc2cc(Cl)ccc21)CO3. The lowest BCUT2D eigenvalue weighted by Gasteiger charge is -2.53. The van der Waals surface area contributed by atoms with Crippen molar-refractivity contribution in [3.8, 4) is 5.75 Å². The van der Waals surface area contributed by atoms with Gasteiger partial charge in [0.25, 0.3) is 5.91 Å². The number of morpholine rings is 1. The largest absolute Gasteiger partial charge is 0.490 e. The number of hydrogen-bond donors (Lipinski definition) is 1. The molecular formula is C42H57ClN4O6S. The third-order valence-electron chi connectivity index (χ3n) is 13.6. The summed E-state index contributed by atoms with van der Waals surface area (Å²) in [6.07, 6.45) is 10.1. The zero-order valence-corrected chi connectivity index (χ0v) is 33.7. The number of allylic oxidation sites excluding steroid dienone is 1. The van der Waals surface area contributed by atoms with Gasteiger partial charge in [0.15, 0.2) is 0 Å². The second-order valence-corrected chi connectivity index (χ2v) is 19.4. The standard InChI is InChI=1S/C42H57ClN4O6S/c1-4-53-42(27-45-17-18-46-19-20-51-25-35(46)24-45)16-5-7-29(2)30(3)54(49,50)44-40(48)32-10-14-39-38(22-32)47(23-33-9-12-37(33)42)26-41(28-52-39)15-6-8-31-21-34(43)11-13-36(31)41/h5,10-11,13-14,16,21-22,29-30,33,35,37H,4,6-9,12,15,17-20,23-28H2,1-3H3,(H,44,48)/b16-5-/t29-,30+,33-,35-,37+,41-,42-/m0/s1. The molecule has 2 aliphatic carbocycles. The zero-order chi connectivity index (χ0) is 37.7. The van der Waals surface area contributed by atoms with Crippen molar-refractivity contribution in [3.05, 3.63) is 70.3 Å². The predicted octanol–water partition coefficient (Wildman–Crippen LogP) is 5.68. The highest BCUT2D eigenvalue weighted by molar-refractivity contribution is 7.90. The van der Waals surface area contributed by atoms with Gasteiger partial charge < -0.3 is 19.1 Å². The molecule has 10 nitrogen and oxygen atoms in total. The number of carbonyl (C=O) groups excluding carboxylic acids is 1. The van der Waals surface area contributed by atoms with Gasteiger partial charge in [-0.2, -0.15) is 0 Å². The number of hydrogen-bond acceptors (Lipinski definition) is 9. The highest BCUT2D eigenvalue weighted by Crippen LogP contribution is 2.49. The topological polar surface area (TPSA) is 101 Å². The average Bonchev–Trinajstić information content (AvgIpc) is 3.29. The maximum absolute atomic E-state index is 13.7. The first-order chi connectivity index (χ1) is 26.0. The highest BCUT2D eigenvalue weighted by atomic mass is 35.5. The van der Waals surface area contributed by atoms with E-state index in [-0.39, 0.29) is 17.3 Å². The van der Waals surface area contributed by atoms with Gasteiger partial charge in [-0.3, -0.25) is 14.6 Å². The molecule has 6 aliphatic rings. The summed E-state index contributed by atoms with van der Waals surface area (Å²) < 4.78 is 49.4. The summed E-state index contributed by atoms with van der Waals surface area (Å²) >= 11 is 6.52. The van der Waals surface area contributed by atoms with Crippen LogP contribution in [0.25, 0.3) is 0 Å². The summed E-state index contributed by atoms with van der Waals surface area (Å²) in [7, 11) is -3.96. The molecule has 7 atom stereocenters. The number of carbonyl (C=O) groups is 1. The van der Waals surface area contributed by atoms with Crippen LogP contribution in [0.4, 0.5) is 5.69 Å². The Hall–Kier alpha value is -2.67. The highest BCUT2D eigenvalue weighted by Gasteiger charge is 2.50. The molecule has 54 heavy (non-hydrogen) atoms. The van der Waals surface area contributed by atoms with Gasteiger partial charge in [-0.1, -0.05) is 36.7 Å². The van der Waals surface area contributed by atoms with E-state index in [9.17, 15) is 13.2 Å². The molecule has 0 radical (unpaired) electrons. The Morgan fingerprint density at radius 1 is 1.07 bits per heavy atom. The van der Waals surface area contributed by atoms with Gasteiger partial charge in [0.1, 0.15) is 11.4 Å². The number of fused-ring (bicyclic) bond motifs is 5. The molecule has 2 bridgehead atoms. The number of piperazine rings is 1. The van der Waals surface area contributed by atoms with E-state index in [1.165, 1.54) is 11.1 Å². The Labute approximate surface area is 326 Å². The number of ether oxygens (including phenoxy) is 3. The van der Waals surface area contributed by atoms with E-state index < -0.39 is 26.8 Å². The number of nitrogens with one attached hydrogen (secondary N) is 1. The summed E-state index contributed by atoms with van der Waals surface area (Å²) in [6, 6.07) is 12.1. The molecule has 0 unspecified atom stereocenters. The number of aryl methyl sites for hydroxylation is 1. The van der Waals surface area contributed by atoms with Crippen LogP contribution < -0.4 is 14.4 Å². The van der Waals surface area contributed by atoms with Crippen molar-refractivity contribution in [3.63, 3.8) is 0 Å². The molecule has 0 aromatic heterocycles. The van der Waals surface area contributed by atoms with Crippen LogP contribution in [-0.4, -0.2) is 113 Å². The van der Waals surface area contributed by atoms with Crippen LogP contribution in [0.2, 0.25) is 5.02 Å². The lowest BCUT2D eigenvalue weighted by molar-refractivity contribution is -0.121. The van der Waals surface area contributed by atoms with Gasteiger partial charge in [0.2, 0.25) is 10.0 Å². The lowest BCUT2D eigenvalue weighted by atomic mass is 9.63. The summed E-state index contributed by atoms with van der Waals surface area (Å²) in [4.78, 5) is 21.3. The van der Waals surface area contributed by atoms with E-state index in [0.717, 1.165) is 108 Å². The van der Waals surface area contributed by atoms with Crippen LogP contribution in [0, 0.1) is 17.8 Å². The number of benzene rings is 2. The van der Waals surface area contributed by atoms with Gasteiger partial charge in [-0.05, 0) is 112 Å². The number of sulfonamides is 1. The van der Waals surface area contributed by atoms with E-state index in [4.69, 9.17) is 25.8 Å². The Morgan fingerprint density at radius 3 is 2.76 bits per heavy atom. The van der Waals surface area contributed by atoms with E-state index >= 15 is 0 Å². The number of nitrogens with zero attached hydrogens (tertiary/aromatic N) is 3. The second kappa shape index (κ2) is 15.3. The molecule has 8 rings (SSSR count). The molecule has 2 saturated heterocycles. The van der Waals surface area contributed by atoms with Crippen molar-refractivity contribution in [2.45, 2.75) is 81.6 Å². The summed E-state index contributed by atoms with van der Waals surface area (Å²) in [5, 5.41) is -0.0327. The fourth-order valence-corrected chi connectivity index (χ4v) is 11.8. The normalized spacial score (nSPS) is 35.0. The van der Waals surface area contributed by atoms with Crippen LogP contribution in [0.1, 0.15) is 74.4 Å². The second-order valence-electron chi connectivity index (χ2n) is 16.9. The quantitative estimate of drug-likeness (QED) is 0.394. The van der Waals surface area contributed by atoms with Crippen LogP contribution in [-0.2, 0) is 31.3 Å². The molecule has 294 valence electrons. The molecule has 12 heteroatoms. The summed E-state index contributed by atoms with van der Waals surface area (Å²) in [6.45, 7) is 14.6. The fourth-order valence-electron chi connectivity index (χ4n) is 10.3. The monoisotopic (exact) mass is 780 g/mol. The third-order valence-corrected chi connectivity index (χ3v) is 15.8. The Balaban J connectivity index is 1.20. The van der Waals surface area contributed by atoms with E-state index in [1.807, 2.05) is 25.1 Å². The van der Waals surface area contributed by atoms with Gasteiger partial charge in [0.05, 0.1) is 30.8 Å². The maximum Gasteiger partial charge on any atom is 0.264 e. The van der Waals surface area contributed by atoms with Gasteiger partial charge in [-0.15, -0.1) is 0 Å². The molecular weight excluding hydrogens is 724 g/mol. The Bertz CT molecular complexity index is 1860. The van der Waals surface area contributed by atoms with Crippen molar-refractivity contribution < 1.29 is 27.4 Å². The zero-order valence-electron chi connectivity index (χ0n) is 32.1. The molecule has 2 aromatic rings. The van der Waals surface area contributed by atoms with Crippen molar-refractivity contribution >= 4 is 33.2 Å². The first-order valence-electron chi connectivity index (χ1n) is 20.2. The Morgan fingerprint density at radius 2 is 1.94 bits per heavy atom. The molecule has 4 heterocycles. The first kappa shape index (κ1) is 38.2. The first-order valence-corrected chi connectivity index (χ1v) is 22.1. The molecule has 4 aliphatic heterocycles. The molecule has 1 N–H and O–H groups in total. The van der Waals surface area contributed by atoms with Crippen molar-refractivity contribution in [2.24, 2.45) is 17.8 Å². The van der Waals surface area contributed by atoms with Gasteiger partial charge in [0, 0.05) is 74.5 Å². The summed E-state index contributed by atoms with van der Waals surface area (Å²) in [5.41, 5.74) is 2.89. The van der Waals surface area contributed by atoms with Crippen LogP contribution >= 0.6 is 11.6 Å². The van der Waals surface area contributed by atoms with E-state index in [1.54, 1.807) is 13.0 Å². The van der Waals surface area contributed by atoms with Crippen molar-refractivity contribution in [2.75, 3.05) is 77.1 Å². The minimum Gasteiger partial charge on any atom is -0.490 e. The molecule has 1 saturated carbocycles. The predicted molar refractivity (Wildman–Crippen MR) is 212 cm³/mol. The average molecular weight is 781 g/mol. The number of anilines is 1. The lowest BCUT2D eigenvalue weighted by Crippen LogP contribution is -2.62. The van der Waals surface area contributed by atoms with Gasteiger partial charge in [-0.25, -0.2) is 13.1 Å². The van der Waals surface area contributed by atoms with Crippen LogP contribution in [0.15, 0.2) is 48.6 Å². The van der Waals surface area contributed by atoms with E-state index in [0.29, 0.717) is 37.2 Å². The third kappa shape index (κ3) is 7.34. The molecule has 1 amide bonds. The summed E-state index contributed by atoms with van der Waals surface area (Å²) in [5.74, 6) is 0.468. The van der Waals surface area contributed by atoms with Crippen molar-refractivity contribution in [1.29, 1.82) is 0 Å². The minimum absolute atomic E-state index is 0.223. The van der Waals surface area contributed by atoms with Crippen molar-refractivity contribution in [1.82, 2.24) is 14.5 Å². The molecule has 1 spiro atoms. The molecule has 2 aromatic carbocycles. The smallest absolute Gasteiger partial charge is 0.264 e. The van der Waals surface area contributed by atoms with Gasteiger partial charge >= 0.3 is 0 Å².